The molecule has 0 bridgehead atoms. The highest BCUT2D eigenvalue weighted by Crippen LogP contribution is 2.26. The second-order valence-corrected chi connectivity index (χ2v) is 3.85. The molecule has 93 valence electrons. The molecule has 1 nitrogen and oxygen atoms in total. The van der Waals surface area contributed by atoms with Crippen LogP contribution in [0.1, 0.15) is 17.2 Å². The molecule has 0 aliphatic rings. The lowest BCUT2D eigenvalue weighted by atomic mass is 10.0. The molecule has 0 atom stereocenters. The van der Waals surface area contributed by atoms with Gasteiger partial charge in [-0.25, -0.2) is 8.78 Å². The molecule has 0 fully saturated rings. The Labute approximate surface area is 105 Å². The molecule has 2 rings (SSSR count). The topological polar surface area (TPSA) is 9.23 Å². The molecule has 3 heteroatoms. The van der Waals surface area contributed by atoms with E-state index in [0.29, 0.717) is 0 Å². The van der Waals surface area contributed by atoms with Crippen molar-refractivity contribution < 1.29 is 13.5 Å². The first-order valence-electron chi connectivity index (χ1n) is 5.62. The molecule has 0 heterocycles. The molecule has 0 amide bonds. The van der Waals surface area contributed by atoms with Crippen LogP contribution in [0.15, 0.2) is 48.5 Å². The molecule has 0 spiro atoms. The molecular formula is C15H13F2O. The van der Waals surface area contributed by atoms with Crippen molar-refractivity contribution in [2.24, 2.45) is 0 Å². The van der Waals surface area contributed by atoms with Crippen LogP contribution in [0, 0.1) is 18.6 Å². The van der Waals surface area contributed by atoms with Crippen molar-refractivity contribution in [2.45, 2.75) is 6.10 Å². The van der Waals surface area contributed by atoms with Gasteiger partial charge in [0.1, 0.15) is 17.7 Å². The summed E-state index contributed by atoms with van der Waals surface area (Å²) in [6, 6.07) is 12.1. The molecule has 0 aromatic heterocycles. The first kappa shape index (κ1) is 12.7. The Bertz CT molecular complexity index is 445. The van der Waals surface area contributed by atoms with Crippen molar-refractivity contribution in [1.29, 1.82) is 0 Å². The Balaban J connectivity index is 2.33. The second-order valence-electron chi connectivity index (χ2n) is 3.85. The largest absolute Gasteiger partial charge is 0.369 e. The molecule has 18 heavy (non-hydrogen) atoms. The summed E-state index contributed by atoms with van der Waals surface area (Å²) in [6.07, 6.45) is -0.358. The highest BCUT2D eigenvalue weighted by molar-refractivity contribution is 5.30. The molecule has 2 aromatic carbocycles. The maximum atomic E-state index is 12.9. The van der Waals surface area contributed by atoms with Gasteiger partial charge in [0.25, 0.3) is 0 Å². The maximum Gasteiger partial charge on any atom is 0.123 e. The van der Waals surface area contributed by atoms with Crippen LogP contribution in [0.2, 0.25) is 0 Å². The van der Waals surface area contributed by atoms with Crippen molar-refractivity contribution in [3.05, 3.63) is 78.2 Å². The van der Waals surface area contributed by atoms with Crippen LogP contribution in [-0.4, -0.2) is 6.61 Å². The van der Waals surface area contributed by atoms with Gasteiger partial charge in [-0.05, 0) is 42.3 Å². The van der Waals surface area contributed by atoms with Crippen LogP contribution in [0.5, 0.6) is 0 Å². The van der Waals surface area contributed by atoms with Crippen molar-refractivity contribution in [2.75, 3.05) is 6.61 Å². The number of benzene rings is 2. The Hall–Kier alpha value is -1.74. The monoisotopic (exact) mass is 247 g/mol. The van der Waals surface area contributed by atoms with Gasteiger partial charge < -0.3 is 4.74 Å². The van der Waals surface area contributed by atoms with Gasteiger partial charge in [0.05, 0.1) is 0 Å². The summed E-state index contributed by atoms with van der Waals surface area (Å²) in [5.74, 6) is -0.600. The van der Waals surface area contributed by atoms with Crippen molar-refractivity contribution in [3.8, 4) is 0 Å². The quantitative estimate of drug-likeness (QED) is 0.796. The lowest BCUT2D eigenvalue weighted by Crippen LogP contribution is -2.06. The summed E-state index contributed by atoms with van der Waals surface area (Å²) >= 11 is 0. The lowest BCUT2D eigenvalue weighted by molar-refractivity contribution is 0.103. The van der Waals surface area contributed by atoms with Crippen LogP contribution < -0.4 is 0 Å². The minimum Gasteiger partial charge on any atom is -0.369 e. The third-order valence-corrected chi connectivity index (χ3v) is 2.63. The molecule has 0 aliphatic heterocycles. The Morgan fingerprint density at radius 1 is 0.833 bits per heavy atom. The van der Waals surface area contributed by atoms with Gasteiger partial charge in [-0.15, -0.1) is 0 Å². The SMILES string of the molecule is [CH2]COC(c1ccc(F)cc1)c1ccc(F)cc1. The maximum absolute atomic E-state index is 12.9. The van der Waals surface area contributed by atoms with Crippen LogP contribution in [0.4, 0.5) is 8.78 Å². The van der Waals surface area contributed by atoms with Crippen LogP contribution in [0.25, 0.3) is 0 Å². The van der Waals surface area contributed by atoms with Crippen LogP contribution >= 0.6 is 0 Å². The van der Waals surface area contributed by atoms with E-state index in [9.17, 15) is 8.78 Å². The third-order valence-electron chi connectivity index (χ3n) is 2.63. The van der Waals surface area contributed by atoms with Crippen LogP contribution in [-0.2, 0) is 4.74 Å². The summed E-state index contributed by atoms with van der Waals surface area (Å²) in [5, 5.41) is 0. The van der Waals surface area contributed by atoms with Gasteiger partial charge in [0.15, 0.2) is 0 Å². The molecule has 0 aliphatic carbocycles. The van der Waals surface area contributed by atoms with Crippen LogP contribution in [0.3, 0.4) is 0 Å². The molecule has 0 N–H and O–H groups in total. The van der Waals surface area contributed by atoms with E-state index in [1.165, 1.54) is 24.3 Å². The smallest absolute Gasteiger partial charge is 0.123 e. The summed E-state index contributed by atoms with van der Waals surface area (Å²) < 4.78 is 31.3. The minimum absolute atomic E-state index is 0.277. The zero-order valence-corrected chi connectivity index (χ0v) is 9.77. The van der Waals surface area contributed by atoms with Gasteiger partial charge in [-0.1, -0.05) is 24.3 Å². The van der Waals surface area contributed by atoms with Crippen molar-refractivity contribution >= 4 is 0 Å². The van der Waals surface area contributed by atoms with E-state index in [1.54, 1.807) is 24.3 Å². The molecule has 2 aromatic rings. The Kier molecular flexibility index (Phi) is 4.05. The first-order chi connectivity index (χ1) is 8.70. The predicted molar refractivity (Wildman–Crippen MR) is 66.0 cm³/mol. The van der Waals surface area contributed by atoms with Gasteiger partial charge in [0.2, 0.25) is 0 Å². The number of hydrogen-bond acceptors (Lipinski definition) is 1. The highest BCUT2D eigenvalue weighted by Gasteiger charge is 2.14. The summed E-state index contributed by atoms with van der Waals surface area (Å²) in [6.45, 7) is 3.92. The van der Waals surface area contributed by atoms with Gasteiger partial charge >= 0.3 is 0 Å². The van der Waals surface area contributed by atoms with E-state index in [-0.39, 0.29) is 24.3 Å². The number of hydrogen-bond donors (Lipinski definition) is 0. The van der Waals surface area contributed by atoms with Gasteiger partial charge in [-0.3, -0.25) is 0 Å². The summed E-state index contributed by atoms with van der Waals surface area (Å²) in [5.41, 5.74) is 1.62. The predicted octanol–water partition coefficient (Wildman–Crippen LogP) is 3.90. The van der Waals surface area contributed by atoms with E-state index in [1.807, 2.05) is 0 Å². The summed E-state index contributed by atoms with van der Waals surface area (Å²) in [4.78, 5) is 0. The molecule has 0 unspecified atom stereocenters. The Morgan fingerprint density at radius 3 is 1.56 bits per heavy atom. The highest BCUT2D eigenvalue weighted by atomic mass is 19.1. The zero-order valence-electron chi connectivity index (χ0n) is 9.77. The molecule has 1 radical (unpaired) electrons. The second kappa shape index (κ2) is 5.74. The lowest BCUT2D eigenvalue weighted by Gasteiger charge is -2.18. The average molecular weight is 247 g/mol. The third kappa shape index (κ3) is 2.93. The van der Waals surface area contributed by atoms with E-state index < -0.39 is 0 Å². The van der Waals surface area contributed by atoms with Gasteiger partial charge in [0, 0.05) is 6.61 Å². The molecular weight excluding hydrogens is 234 g/mol. The van der Waals surface area contributed by atoms with Crippen molar-refractivity contribution in [3.63, 3.8) is 0 Å². The fraction of sp³-hybridized carbons (Fsp3) is 0.133. The average Bonchev–Trinajstić information content (AvgIpc) is 2.39. The van der Waals surface area contributed by atoms with Gasteiger partial charge in [-0.2, -0.15) is 0 Å². The van der Waals surface area contributed by atoms with E-state index in [0.717, 1.165) is 11.1 Å². The molecule has 0 saturated heterocycles. The first-order valence-corrected chi connectivity index (χ1v) is 5.62. The van der Waals surface area contributed by atoms with Crippen molar-refractivity contribution in [1.82, 2.24) is 0 Å². The van der Waals surface area contributed by atoms with E-state index in [4.69, 9.17) is 4.74 Å². The number of rotatable bonds is 4. The summed E-state index contributed by atoms with van der Waals surface area (Å²) in [7, 11) is 0. The fourth-order valence-corrected chi connectivity index (χ4v) is 1.78. The number of halogens is 2. The molecule has 0 saturated carbocycles. The standard InChI is InChI=1S/C15H13F2O/c1-2-18-15(11-3-7-13(16)8-4-11)12-5-9-14(17)10-6-12/h3-10,15H,1-2H2. The zero-order chi connectivity index (χ0) is 13.0. The number of ether oxygens (including phenoxy) is 1. The Morgan fingerprint density at radius 2 is 1.22 bits per heavy atom. The van der Waals surface area contributed by atoms with E-state index in [2.05, 4.69) is 6.92 Å². The fourth-order valence-electron chi connectivity index (χ4n) is 1.78. The van der Waals surface area contributed by atoms with E-state index >= 15 is 0 Å². The normalized spacial score (nSPS) is 10.9. The minimum atomic E-state index is -0.358.